The zero-order valence-electron chi connectivity index (χ0n) is 11.4. The van der Waals surface area contributed by atoms with Gasteiger partial charge in [-0.1, -0.05) is 30.3 Å². The molecule has 0 heterocycles. The van der Waals surface area contributed by atoms with Crippen LogP contribution in [-0.2, 0) is 20.7 Å². The quantitative estimate of drug-likeness (QED) is 0.665. The molecule has 1 aromatic rings. The Morgan fingerprint density at radius 3 is 2.50 bits per heavy atom. The number of hydrogen-bond acceptors (Lipinski definition) is 3. The molecule has 0 radical (unpaired) electrons. The predicted molar refractivity (Wildman–Crippen MR) is 71.7 cm³/mol. The van der Waals surface area contributed by atoms with Crippen molar-refractivity contribution < 1.29 is 14.3 Å². The van der Waals surface area contributed by atoms with Gasteiger partial charge in [0.2, 0.25) is 0 Å². The Morgan fingerprint density at radius 1 is 1.22 bits per heavy atom. The fourth-order valence-electron chi connectivity index (χ4n) is 1.48. The highest BCUT2D eigenvalue weighted by molar-refractivity contribution is 5.81. The van der Waals surface area contributed by atoms with Crippen LogP contribution < -0.4 is 0 Å². The lowest BCUT2D eigenvalue weighted by molar-refractivity contribution is -0.123. The van der Waals surface area contributed by atoms with Crippen LogP contribution in [0, 0.1) is 0 Å². The summed E-state index contributed by atoms with van der Waals surface area (Å²) < 4.78 is 10.7. The number of methoxy groups -OCH3 is 1. The van der Waals surface area contributed by atoms with E-state index < -0.39 is 0 Å². The molecule has 100 valence electrons. The number of hydrogen-bond donors (Lipinski definition) is 0. The second-order valence-corrected chi connectivity index (χ2v) is 4.97. The van der Waals surface area contributed by atoms with E-state index in [1.807, 2.05) is 44.2 Å². The summed E-state index contributed by atoms with van der Waals surface area (Å²) in [4.78, 5) is 11.7. The Hall–Kier alpha value is -1.19. The summed E-state index contributed by atoms with van der Waals surface area (Å²) >= 11 is 0. The van der Waals surface area contributed by atoms with Gasteiger partial charge < -0.3 is 9.47 Å². The van der Waals surface area contributed by atoms with E-state index in [4.69, 9.17) is 9.47 Å². The number of Topliss-reactive ketones (excluding diaryl/α,β-unsaturated/α-hetero) is 1. The standard InChI is InChI=1S/C15H22O3/c1-15(2,17-3)9-10-18-12-14(16)11-13-7-5-4-6-8-13/h4-8H,9-12H2,1-3H3. The molecule has 0 N–H and O–H groups in total. The topological polar surface area (TPSA) is 35.5 Å². The first kappa shape index (κ1) is 14.9. The summed E-state index contributed by atoms with van der Waals surface area (Å²) in [6.07, 6.45) is 1.22. The molecule has 0 aliphatic carbocycles. The minimum absolute atomic E-state index is 0.108. The maximum Gasteiger partial charge on any atom is 0.162 e. The molecule has 0 saturated carbocycles. The van der Waals surface area contributed by atoms with Gasteiger partial charge in [-0.3, -0.25) is 4.79 Å². The molecule has 0 saturated heterocycles. The van der Waals surface area contributed by atoms with Gasteiger partial charge in [-0.15, -0.1) is 0 Å². The highest BCUT2D eigenvalue weighted by Gasteiger charge is 2.15. The molecule has 1 rings (SSSR count). The lowest BCUT2D eigenvalue weighted by atomic mass is 10.1. The van der Waals surface area contributed by atoms with E-state index in [0.29, 0.717) is 13.0 Å². The fourth-order valence-corrected chi connectivity index (χ4v) is 1.48. The third-order valence-electron chi connectivity index (χ3n) is 2.91. The Labute approximate surface area is 109 Å². The van der Waals surface area contributed by atoms with Gasteiger partial charge in [-0.05, 0) is 25.8 Å². The third kappa shape index (κ3) is 5.94. The average molecular weight is 250 g/mol. The van der Waals surface area contributed by atoms with Crippen molar-refractivity contribution in [3.63, 3.8) is 0 Å². The van der Waals surface area contributed by atoms with Crippen LogP contribution in [0.3, 0.4) is 0 Å². The second kappa shape index (κ2) is 7.29. The zero-order valence-corrected chi connectivity index (χ0v) is 11.4. The van der Waals surface area contributed by atoms with Crippen molar-refractivity contribution in [2.75, 3.05) is 20.3 Å². The van der Waals surface area contributed by atoms with Gasteiger partial charge in [0.05, 0.1) is 5.60 Å². The van der Waals surface area contributed by atoms with E-state index in [1.165, 1.54) is 0 Å². The summed E-state index contributed by atoms with van der Waals surface area (Å²) in [5.41, 5.74) is 0.839. The normalized spacial score (nSPS) is 11.5. The van der Waals surface area contributed by atoms with Gasteiger partial charge in [0.25, 0.3) is 0 Å². The van der Waals surface area contributed by atoms with E-state index in [1.54, 1.807) is 7.11 Å². The predicted octanol–water partition coefficient (Wildman–Crippen LogP) is 2.63. The molecule has 0 fully saturated rings. The molecule has 0 bridgehead atoms. The Kier molecular flexibility index (Phi) is 6.02. The van der Waals surface area contributed by atoms with Gasteiger partial charge in [0.15, 0.2) is 5.78 Å². The lowest BCUT2D eigenvalue weighted by Gasteiger charge is -2.22. The molecule has 0 amide bonds. The maximum atomic E-state index is 11.7. The van der Waals surface area contributed by atoms with Crippen molar-refractivity contribution in [2.24, 2.45) is 0 Å². The van der Waals surface area contributed by atoms with Crippen molar-refractivity contribution in [1.82, 2.24) is 0 Å². The number of carbonyl (C=O) groups excluding carboxylic acids is 1. The molecule has 0 aliphatic heterocycles. The highest BCUT2D eigenvalue weighted by Crippen LogP contribution is 2.12. The van der Waals surface area contributed by atoms with Gasteiger partial charge in [0.1, 0.15) is 6.61 Å². The number of carbonyl (C=O) groups is 1. The summed E-state index contributed by atoms with van der Waals surface area (Å²) in [6, 6.07) is 9.71. The molecule has 0 aliphatic rings. The van der Waals surface area contributed by atoms with Crippen LogP contribution in [0.15, 0.2) is 30.3 Å². The van der Waals surface area contributed by atoms with Crippen LogP contribution in [0.1, 0.15) is 25.8 Å². The molecule has 0 unspecified atom stereocenters. The molecule has 3 heteroatoms. The number of benzene rings is 1. The summed E-state index contributed by atoms with van der Waals surface area (Å²) in [5, 5.41) is 0. The maximum absolute atomic E-state index is 11.7. The van der Waals surface area contributed by atoms with Crippen molar-refractivity contribution in [1.29, 1.82) is 0 Å². The van der Waals surface area contributed by atoms with E-state index >= 15 is 0 Å². The van der Waals surface area contributed by atoms with Crippen molar-refractivity contribution in [2.45, 2.75) is 32.3 Å². The largest absolute Gasteiger partial charge is 0.379 e. The SMILES string of the molecule is COC(C)(C)CCOCC(=O)Cc1ccccc1. The van der Waals surface area contributed by atoms with Crippen LogP contribution in [0.5, 0.6) is 0 Å². The van der Waals surface area contributed by atoms with E-state index in [0.717, 1.165) is 12.0 Å². The summed E-state index contributed by atoms with van der Waals surface area (Å²) in [7, 11) is 1.68. The van der Waals surface area contributed by atoms with Crippen LogP contribution in [0.4, 0.5) is 0 Å². The average Bonchev–Trinajstić information content (AvgIpc) is 2.36. The monoisotopic (exact) mass is 250 g/mol. The van der Waals surface area contributed by atoms with Gasteiger partial charge in [-0.25, -0.2) is 0 Å². The first-order chi connectivity index (χ1) is 8.53. The smallest absolute Gasteiger partial charge is 0.162 e. The van der Waals surface area contributed by atoms with E-state index in [9.17, 15) is 4.79 Å². The van der Waals surface area contributed by atoms with Crippen LogP contribution in [0.2, 0.25) is 0 Å². The molecule has 0 atom stereocenters. The molecule has 0 spiro atoms. The summed E-state index contributed by atoms with van der Waals surface area (Å²) in [5.74, 6) is 0.108. The molecular formula is C15H22O3. The van der Waals surface area contributed by atoms with Crippen molar-refractivity contribution in [3.05, 3.63) is 35.9 Å². The lowest BCUT2D eigenvalue weighted by Crippen LogP contribution is -2.25. The molecule has 1 aromatic carbocycles. The van der Waals surface area contributed by atoms with Gasteiger partial charge in [-0.2, -0.15) is 0 Å². The number of rotatable bonds is 8. The minimum Gasteiger partial charge on any atom is -0.379 e. The molecular weight excluding hydrogens is 228 g/mol. The molecule has 0 aromatic heterocycles. The van der Waals surface area contributed by atoms with Crippen LogP contribution >= 0.6 is 0 Å². The Balaban J connectivity index is 2.18. The molecule has 18 heavy (non-hydrogen) atoms. The third-order valence-corrected chi connectivity index (χ3v) is 2.91. The van der Waals surface area contributed by atoms with Crippen LogP contribution in [0.25, 0.3) is 0 Å². The minimum atomic E-state index is -0.192. The molecule has 3 nitrogen and oxygen atoms in total. The van der Waals surface area contributed by atoms with E-state index in [-0.39, 0.29) is 18.0 Å². The van der Waals surface area contributed by atoms with Crippen LogP contribution in [-0.4, -0.2) is 31.7 Å². The van der Waals surface area contributed by atoms with Gasteiger partial charge >= 0.3 is 0 Å². The Morgan fingerprint density at radius 2 is 1.89 bits per heavy atom. The second-order valence-electron chi connectivity index (χ2n) is 4.97. The summed E-state index contributed by atoms with van der Waals surface area (Å²) in [6.45, 7) is 4.72. The van der Waals surface area contributed by atoms with Crippen molar-refractivity contribution in [3.8, 4) is 0 Å². The first-order valence-electron chi connectivity index (χ1n) is 6.22. The number of ketones is 1. The number of ether oxygens (including phenoxy) is 2. The van der Waals surface area contributed by atoms with E-state index in [2.05, 4.69) is 0 Å². The highest BCUT2D eigenvalue weighted by atomic mass is 16.5. The van der Waals surface area contributed by atoms with Gasteiger partial charge in [0, 0.05) is 20.1 Å². The zero-order chi connectivity index (χ0) is 13.4. The fraction of sp³-hybridized carbons (Fsp3) is 0.533. The Bertz CT molecular complexity index is 357. The van der Waals surface area contributed by atoms with Crippen molar-refractivity contribution >= 4 is 5.78 Å². The first-order valence-corrected chi connectivity index (χ1v) is 6.22.